The molecule has 0 unspecified atom stereocenters. The van der Waals surface area contributed by atoms with E-state index in [9.17, 15) is 4.79 Å². The molecule has 0 saturated carbocycles. The van der Waals surface area contributed by atoms with Gasteiger partial charge in [0, 0.05) is 32.5 Å². The maximum atomic E-state index is 12.5. The van der Waals surface area contributed by atoms with Crippen LogP contribution in [0.15, 0.2) is 113 Å². The van der Waals surface area contributed by atoms with E-state index in [0.717, 1.165) is 11.3 Å². The number of rotatable bonds is 2. The minimum absolute atomic E-state index is 0. The molecule has 0 atom stereocenters. The molecular formula is C28H17IrN3O2-2. The Labute approximate surface area is 209 Å². The van der Waals surface area contributed by atoms with Crippen molar-refractivity contribution in [1.82, 2.24) is 15.0 Å². The summed E-state index contributed by atoms with van der Waals surface area (Å²) in [4.78, 5) is 25.1. The molecule has 0 amide bonds. The summed E-state index contributed by atoms with van der Waals surface area (Å²) in [6.07, 6.45) is 7.83. The van der Waals surface area contributed by atoms with Gasteiger partial charge in [0.2, 0.25) is 0 Å². The van der Waals surface area contributed by atoms with E-state index >= 15 is 0 Å². The number of benzene rings is 2. The van der Waals surface area contributed by atoms with Crippen LogP contribution in [0.3, 0.4) is 0 Å². The molecule has 2 aromatic carbocycles. The number of pyridine rings is 3. The summed E-state index contributed by atoms with van der Waals surface area (Å²) in [5, 5.41) is 0.984. The van der Waals surface area contributed by atoms with E-state index in [4.69, 9.17) is 4.42 Å². The van der Waals surface area contributed by atoms with Crippen LogP contribution in [0, 0.1) is 12.3 Å². The van der Waals surface area contributed by atoms with Gasteiger partial charge in [-0.3, -0.25) is 4.79 Å². The van der Waals surface area contributed by atoms with E-state index in [1.165, 1.54) is 6.20 Å². The number of nitrogens with zero attached hydrogens (tertiary/aromatic N) is 3. The molecule has 0 fully saturated rings. The smallest absolute Gasteiger partial charge is 0.183 e. The fourth-order valence-electron chi connectivity index (χ4n) is 3.43. The first-order valence-electron chi connectivity index (χ1n) is 10.3. The van der Waals surface area contributed by atoms with Crippen LogP contribution in [0.2, 0.25) is 0 Å². The van der Waals surface area contributed by atoms with Gasteiger partial charge in [0.15, 0.2) is 5.43 Å². The number of hydrogen-bond donors (Lipinski definition) is 0. The van der Waals surface area contributed by atoms with Crippen molar-refractivity contribution >= 4 is 21.9 Å². The Morgan fingerprint density at radius 3 is 2.15 bits per heavy atom. The Morgan fingerprint density at radius 1 is 0.735 bits per heavy atom. The van der Waals surface area contributed by atoms with Crippen molar-refractivity contribution in [2.45, 2.75) is 0 Å². The topological polar surface area (TPSA) is 68.9 Å². The SMILES string of the molecule is O=c1c2ccccc2oc2c(-c3ccccn3)[c-]ncc12.[Ir].[c-]1ccccc1-c1ccccn1. The van der Waals surface area contributed by atoms with Gasteiger partial charge in [-0.2, -0.15) is 0 Å². The van der Waals surface area contributed by atoms with Crippen molar-refractivity contribution in [2.24, 2.45) is 0 Å². The molecule has 0 aliphatic rings. The largest absolute Gasteiger partial charge is 0.500 e. The van der Waals surface area contributed by atoms with E-state index < -0.39 is 0 Å². The second-order valence-corrected chi connectivity index (χ2v) is 7.12. The minimum atomic E-state index is -0.0921. The summed E-state index contributed by atoms with van der Waals surface area (Å²) >= 11 is 0. The Morgan fingerprint density at radius 2 is 1.44 bits per heavy atom. The van der Waals surface area contributed by atoms with Gasteiger partial charge in [0.1, 0.15) is 5.58 Å². The fourth-order valence-corrected chi connectivity index (χ4v) is 3.43. The van der Waals surface area contributed by atoms with Gasteiger partial charge >= 0.3 is 0 Å². The second kappa shape index (κ2) is 10.8. The molecule has 6 heteroatoms. The fraction of sp³-hybridized carbons (Fsp3) is 0. The van der Waals surface area contributed by atoms with Gasteiger partial charge in [-0.25, -0.2) is 0 Å². The van der Waals surface area contributed by atoms with Crippen molar-refractivity contribution in [3.8, 4) is 22.5 Å². The first-order chi connectivity index (χ1) is 16.3. The third-order valence-electron chi connectivity index (χ3n) is 5.00. The average molecular weight is 620 g/mol. The molecule has 6 rings (SSSR count). The molecule has 0 N–H and O–H groups in total. The molecule has 4 aromatic heterocycles. The van der Waals surface area contributed by atoms with Gasteiger partial charge in [-0.1, -0.05) is 42.0 Å². The van der Waals surface area contributed by atoms with E-state index in [1.54, 1.807) is 24.5 Å². The standard InChI is InChI=1S/C17H9N2O2.C11H8N.Ir/c20-16-11-5-1-2-7-15(11)21-17-12(9-18-10-13(16)17)14-6-3-4-8-19-14;1-2-6-10(7-3-1)11-8-4-5-9-12-11;/h1-8,10H;1-6,8-9H;/q2*-1;. The van der Waals surface area contributed by atoms with Gasteiger partial charge in [0.25, 0.3) is 0 Å². The summed E-state index contributed by atoms with van der Waals surface area (Å²) in [7, 11) is 0. The van der Waals surface area contributed by atoms with Crippen molar-refractivity contribution in [1.29, 1.82) is 0 Å². The van der Waals surface area contributed by atoms with Crippen LogP contribution in [0.1, 0.15) is 0 Å². The summed E-state index contributed by atoms with van der Waals surface area (Å²) in [6.45, 7) is 0. The zero-order valence-electron chi connectivity index (χ0n) is 17.8. The molecule has 6 aromatic rings. The molecular weight excluding hydrogens is 603 g/mol. The predicted molar refractivity (Wildman–Crippen MR) is 128 cm³/mol. The van der Waals surface area contributed by atoms with Gasteiger partial charge in [-0.05, 0) is 53.4 Å². The molecule has 0 aliphatic heterocycles. The summed E-state index contributed by atoms with van der Waals surface area (Å²) in [6, 6.07) is 29.5. The van der Waals surface area contributed by atoms with Crippen molar-refractivity contribution in [3.63, 3.8) is 0 Å². The zero-order chi connectivity index (χ0) is 22.5. The third-order valence-corrected chi connectivity index (χ3v) is 5.00. The number of fused-ring (bicyclic) bond motifs is 2. The first kappa shape index (κ1) is 23.2. The molecule has 167 valence electrons. The molecule has 5 nitrogen and oxygen atoms in total. The van der Waals surface area contributed by atoms with Crippen molar-refractivity contribution in [3.05, 3.63) is 126 Å². The summed E-state index contributed by atoms with van der Waals surface area (Å²) < 4.78 is 5.90. The van der Waals surface area contributed by atoms with E-state index in [-0.39, 0.29) is 25.5 Å². The first-order valence-corrected chi connectivity index (χ1v) is 10.3. The Hall–Kier alpha value is -3.99. The zero-order valence-corrected chi connectivity index (χ0v) is 20.2. The molecule has 0 spiro atoms. The predicted octanol–water partition coefficient (Wildman–Crippen LogP) is 5.75. The summed E-state index contributed by atoms with van der Waals surface area (Å²) in [5.41, 5.74) is 4.20. The average Bonchev–Trinajstić information content (AvgIpc) is 2.91. The second-order valence-electron chi connectivity index (χ2n) is 7.12. The molecule has 0 aliphatic carbocycles. The quantitative estimate of drug-likeness (QED) is 0.183. The Kier molecular flexibility index (Phi) is 7.33. The maximum absolute atomic E-state index is 12.5. The number of para-hydroxylation sites is 1. The van der Waals surface area contributed by atoms with E-state index in [0.29, 0.717) is 33.2 Å². The molecule has 34 heavy (non-hydrogen) atoms. The van der Waals surface area contributed by atoms with E-state index in [2.05, 4.69) is 27.2 Å². The maximum Gasteiger partial charge on any atom is 0.183 e. The van der Waals surface area contributed by atoms with Gasteiger partial charge in [0.05, 0.1) is 11.0 Å². The number of aromatic nitrogens is 3. The van der Waals surface area contributed by atoms with E-state index in [1.807, 2.05) is 72.8 Å². The number of hydrogen-bond acceptors (Lipinski definition) is 5. The Balaban J connectivity index is 0.000000180. The summed E-state index contributed by atoms with van der Waals surface area (Å²) in [5.74, 6) is 0. The molecule has 4 heterocycles. The van der Waals surface area contributed by atoms with Crippen LogP contribution in [-0.4, -0.2) is 15.0 Å². The molecule has 0 saturated heterocycles. The van der Waals surface area contributed by atoms with Crippen LogP contribution < -0.4 is 5.43 Å². The Bertz CT molecular complexity index is 1530. The normalized spacial score (nSPS) is 10.2. The van der Waals surface area contributed by atoms with Crippen LogP contribution in [0.4, 0.5) is 0 Å². The van der Waals surface area contributed by atoms with Crippen LogP contribution in [-0.2, 0) is 20.1 Å². The van der Waals surface area contributed by atoms with Crippen LogP contribution in [0.5, 0.6) is 0 Å². The van der Waals surface area contributed by atoms with Gasteiger partial charge < -0.3 is 19.4 Å². The third kappa shape index (κ3) is 4.83. The van der Waals surface area contributed by atoms with Crippen molar-refractivity contribution < 1.29 is 24.5 Å². The minimum Gasteiger partial charge on any atom is -0.500 e. The van der Waals surface area contributed by atoms with Crippen LogP contribution >= 0.6 is 0 Å². The van der Waals surface area contributed by atoms with Crippen LogP contribution in [0.25, 0.3) is 44.5 Å². The van der Waals surface area contributed by atoms with Gasteiger partial charge in [-0.15, -0.1) is 35.9 Å². The molecule has 1 radical (unpaired) electrons. The van der Waals surface area contributed by atoms with Crippen molar-refractivity contribution in [2.75, 3.05) is 0 Å². The molecule has 0 bridgehead atoms. The monoisotopic (exact) mass is 620 g/mol.